The van der Waals surface area contributed by atoms with Crippen LogP contribution in [-0.4, -0.2) is 40.1 Å². The van der Waals surface area contributed by atoms with Crippen LogP contribution in [0.5, 0.6) is 5.75 Å². The van der Waals surface area contributed by atoms with Gasteiger partial charge in [-0.25, -0.2) is 13.1 Å². The van der Waals surface area contributed by atoms with Gasteiger partial charge in [0.05, 0.1) is 13.7 Å². The maximum absolute atomic E-state index is 12.4. The lowest BCUT2D eigenvalue weighted by Crippen LogP contribution is -2.34. The standard InChI is InChI=1S/C14H20N2O3S2/c1-11(10-20-3)16-21(17,18)14-9-12(5-4-8-15)6-7-13(14)19-2/h6-7,9,11,16H,8,10,15H2,1-3H3. The van der Waals surface area contributed by atoms with Gasteiger partial charge in [-0.2, -0.15) is 11.8 Å². The van der Waals surface area contributed by atoms with Gasteiger partial charge in [-0.3, -0.25) is 0 Å². The molecule has 0 fully saturated rings. The van der Waals surface area contributed by atoms with Crippen molar-refractivity contribution in [3.8, 4) is 17.6 Å². The predicted molar refractivity (Wildman–Crippen MR) is 87.1 cm³/mol. The van der Waals surface area contributed by atoms with Gasteiger partial charge in [-0.1, -0.05) is 11.8 Å². The van der Waals surface area contributed by atoms with Crippen LogP contribution in [0, 0.1) is 11.8 Å². The molecule has 1 atom stereocenters. The highest BCUT2D eigenvalue weighted by Crippen LogP contribution is 2.25. The number of hydrogen-bond acceptors (Lipinski definition) is 5. The van der Waals surface area contributed by atoms with E-state index in [1.807, 2.05) is 13.2 Å². The van der Waals surface area contributed by atoms with Gasteiger partial charge in [0.2, 0.25) is 10.0 Å². The Hall–Kier alpha value is -1.20. The van der Waals surface area contributed by atoms with E-state index < -0.39 is 10.0 Å². The lowest BCUT2D eigenvalue weighted by Gasteiger charge is -2.15. The molecule has 3 N–H and O–H groups in total. The monoisotopic (exact) mass is 328 g/mol. The molecule has 0 amide bonds. The van der Waals surface area contributed by atoms with Crippen molar-refractivity contribution in [3.63, 3.8) is 0 Å². The molecule has 1 aromatic carbocycles. The minimum absolute atomic E-state index is 0.0850. The van der Waals surface area contributed by atoms with Gasteiger partial charge in [0.15, 0.2) is 0 Å². The van der Waals surface area contributed by atoms with Crippen LogP contribution in [0.25, 0.3) is 0 Å². The van der Waals surface area contributed by atoms with Crippen LogP contribution < -0.4 is 15.2 Å². The van der Waals surface area contributed by atoms with Gasteiger partial charge in [0.25, 0.3) is 0 Å². The van der Waals surface area contributed by atoms with Gasteiger partial charge in [0.1, 0.15) is 10.6 Å². The Morgan fingerprint density at radius 1 is 1.48 bits per heavy atom. The van der Waals surface area contributed by atoms with Crippen molar-refractivity contribution < 1.29 is 13.2 Å². The summed E-state index contributed by atoms with van der Waals surface area (Å²) in [6.07, 6.45) is 1.93. The molecule has 0 aliphatic rings. The topological polar surface area (TPSA) is 81.4 Å². The first kappa shape index (κ1) is 17.9. The summed E-state index contributed by atoms with van der Waals surface area (Å²) in [6, 6.07) is 4.61. The fraction of sp³-hybridized carbons (Fsp3) is 0.429. The third kappa shape index (κ3) is 5.25. The second-order valence-corrected chi connectivity index (χ2v) is 6.94. The molecule has 0 aromatic heterocycles. The van der Waals surface area contributed by atoms with Gasteiger partial charge >= 0.3 is 0 Å². The van der Waals surface area contributed by atoms with Crippen molar-refractivity contribution in [3.05, 3.63) is 23.8 Å². The zero-order valence-electron chi connectivity index (χ0n) is 12.3. The summed E-state index contributed by atoms with van der Waals surface area (Å²) in [5.41, 5.74) is 5.91. The zero-order chi connectivity index (χ0) is 15.9. The molecule has 0 spiro atoms. The molecule has 0 heterocycles. The van der Waals surface area contributed by atoms with E-state index in [1.54, 1.807) is 23.9 Å². The molecule has 0 radical (unpaired) electrons. The maximum atomic E-state index is 12.4. The van der Waals surface area contributed by atoms with Crippen LogP contribution in [0.3, 0.4) is 0 Å². The summed E-state index contributed by atoms with van der Waals surface area (Å²) in [5, 5.41) is 0. The first-order chi connectivity index (χ1) is 9.94. The Kier molecular flexibility index (Phi) is 7.05. The second-order valence-electron chi connectivity index (χ2n) is 4.35. The molecule has 0 saturated carbocycles. The van der Waals surface area contributed by atoms with Crippen molar-refractivity contribution in [1.29, 1.82) is 0 Å². The van der Waals surface area contributed by atoms with E-state index >= 15 is 0 Å². The summed E-state index contributed by atoms with van der Waals surface area (Å²) >= 11 is 1.58. The summed E-state index contributed by atoms with van der Waals surface area (Å²) in [7, 11) is -2.22. The first-order valence-electron chi connectivity index (χ1n) is 6.32. The van der Waals surface area contributed by atoms with Gasteiger partial charge < -0.3 is 10.5 Å². The lowest BCUT2D eigenvalue weighted by atomic mass is 10.2. The normalized spacial score (nSPS) is 12.4. The van der Waals surface area contributed by atoms with E-state index in [9.17, 15) is 8.42 Å². The zero-order valence-corrected chi connectivity index (χ0v) is 14.0. The van der Waals surface area contributed by atoms with E-state index in [2.05, 4.69) is 16.6 Å². The maximum Gasteiger partial charge on any atom is 0.244 e. The number of methoxy groups -OCH3 is 1. The number of benzene rings is 1. The Morgan fingerprint density at radius 2 is 2.19 bits per heavy atom. The highest BCUT2D eigenvalue weighted by atomic mass is 32.2. The van der Waals surface area contributed by atoms with Crippen molar-refractivity contribution in [2.45, 2.75) is 17.9 Å². The highest BCUT2D eigenvalue weighted by molar-refractivity contribution is 7.98. The molecule has 5 nitrogen and oxygen atoms in total. The van der Waals surface area contributed by atoms with E-state index in [1.165, 1.54) is 13.2 Å². The van der Waals surface area contributed by atoms with Crippen LogP contribution in [0.2, 0.25) is 0 Å². The quantitative estimate of drug-likeness (QED) is 0.763. The second kappa shape index (κ2) is 8.29. The van der Waals surface area contributed by atoms with Gasteiger partial charge in [-0.05, 0) is 31.4 Å². The average molecular weight is 328 g/mol. The summed E-state index contributed by atoms with van der Waals surface area (Å²) < 4.78 is 32.7. The lowest BCUT2D eigenvalue weighted by molar-refractivity contribution is 0.402. The van der Waals surface area contributed by atoms with Crippen molar-refractivity contribution in [1.82, 2.24) is 4.72 Å². The molecule has 0 saturated heterocycles. The molecule has 1 unspecified atom stereocenters. The largest absolute Gasteiger partial charge is 0.495 e. The van der Waals surface area contributed by atoms with Crippen LogP contribution in [0.15, 0.2) is 23.1 Å². The van der Waals surface area contributed by atoms with E-state index in [0.717, 1.165) is 0 Å². The number of hydrogen-bond donors (Lipinski definition) is 2. The highest BCUT2D eigenvalue weighted by Gasteiger charge is 2.22. The Balaban J connectivity index is 3.19. The number of sulfonamides is 1. The molecule has 1 rings (SSSR count). The van der Waals surface area contributed by atoms with Gasteiger partial charge in [0, 0.05) is 17.4 Å². The Labute approximate surface area is 130 Å². The third-order valence-corrected chi connectivity index (χ3v) is 5.01. The molecule has 0 aliphatic carbocycles. The molecular weight excluding hydrogens is 308 g/mol. The Bertz CT molecular complexity index is 633. The van der Waals surface area contributed by atoms with Crippen molar-refractivity contribution >= 4 is 21.8 Å². The molecule has 0 bridgehead atoms. The number of thioether (sulfide) groups is 1. The van der Waals surface area contributed by atoms with Crippen LogP contribution in [0.1, 0.15) is 12.5 Å². The van der Waals surface area contributed by atoms with Crippen LogP contribution in [-0.2, 0) is 10.0 Å². The molecule has 116 valence electrons. The van der Waals surface area contributed by atoms with E-state index in [4.69, 9.17) is 10.5 Å². The van der Waals surface area contributed by atoms with Gasteiger partial charge in [-0.15, -0.1) is 0 Å². The number of rotatable bonds is 6. The Morgan fingerprint density at radius 3 is 2.76 bits per heavy atom. The molecule has 21 heavy (non-hydrogen) atoms. The number of nitrogens with one attached hydrogen (secondary N) is 1. The van der Waals surface area contributed by atoms with Crippen molar-refractivity contribution in [2.75, 3.05) is 25.7 Å². The smallest absolute Gasteiger partial charge is 0.244 e. The fourth-order valence-electron chi connectivity index (χ4n) is 1.73. The van der Waals surface area contributed by atoms with Crippen molar-refractivity contribution in [2.24, 2.45) is 5.73 Å². The molecular formula is C14H20N2O3S2. The predicted octanol–water partition coefficient (Wildman–Crippen LogP) is 1.04. The summed E-state index contributed by atoms with van der Waals surface area (Å²) in [5.74, 6) is 6.50. The minimum atomic E-state index is -3.66. The minimum Gasteiger partial charge on any atom is -0.495 e. The SMILES string of the molecule is COc1ccc(C#CCN)cc1S(=O)(=O)NC(C)CSC. The molecule has 1 aromatic rings. The van der Waals surface area contributed by atoms with E-state index in [-0.39, 0.29) is 23.2 Å². The first-order valence-corrected chi connectivity index (χ1v) is 9.20. The average Bonchev–Trinajstić information content (AvgIpc) is 2.44. The number of nitrogens with two attached hydrogens (primary N) is 1. The van der Waals surface area contributed by atoms with E-state index in [0.29, 0.717) is 11.3 Å². The summed E-state index contributed by atoms with van der Waals surface area (Å²) in [6.45, 7) is 2.04. The molecule has 0 aliphatic heterocycles. The van der Waals surface area contributed by atoms with Crippen LogP contribution >= 0.6 is 11.8 Å². The molecule has 7 heteroatoms. The number of ether oxygens (including phenoxy) is 1. The third-order valence-electron chi connectivity index (χ3n) is 2.56. The fourth-order valence-corrected chi connectivity index (χ4v) is 3.86. The summed E-state index contributed by atoms with van der Waals surface area (Å²) in [4.78, 5) is 0.0850. The van der Waals surface area contributed by atoms with Crippen LogP contribution in [0.4, 0.5) is 0 Å².